The first-order chi connectivity index (χ1) is 15.2. The highest BCUT2D eigenvalue weighted by molar-refractivity contribution is 7.99. The van der Waals surface area contributed by atoms with Crippen molar-refractivity contribution in [2.75, 3.05) is 50.6 Å². The standard InChI is InChI=1S/C26H36N2O2S/c1-20(2)17-30-18-22(27-14-6-7-15-27)16-28-24-8-4-5-9-26(24)31-19-25(28)21-10-12-23(29-3)13-11-21/h4-5,8-13,20,22,25H,6-7,14-19H2,1-3H3. The van der Waals surface area contributed by atoms with Crippen LogP contribution in [-0.4, -0.2) is 56.7 Å². The zero-order valence-corrected chi connectivity index (χ0v) is 19.9. The zero-order valence-electron chi connectivity index (χ0n) is 19.1. The van der Waals surface area contributed by atoms with Crippen molar-refractivity contribution in [3.63, 3.8) is 0 Å². The minimum Gasteiger partial charge on any atom is -0.497 e. The van der Waals surface area contributed by atoms with Crippen LogP contribution in [0, 0.1) is 5.92 Å². The van der Waals surface area contributed by atoms with Gasteiger partial charge in [0.05, 0.1) is 31.5 Å². The Kier molecular flexibility index (Phi) is 7.81. The minimum absolute atomic E-state index is 0.348. The first-order valence-corrected chi connectivity index (χ1v) is 12.6. The molecule has 2 unspecified atom stereocenters. The smallest absolute Gasteiger partial charge is 0.118 e. The molecule has 0 spiro atoms. The normalized spacial score (nSPS) is 20.1. The van der Waals surface area contributed by atoms with Crippen LogP contribution in [0.3, 0.4) is 0 Å². The quantitative estimate of drug-likeness (QED) is 0.514. The summed E-state index contributed by atoms with van der Waals surface area (Å²) in [6, 6.07) is 18.3. The number of ether oxygens (including phenoxy) is 2. The molecule has 0 aliphatic carbocycles. The lowest BCUT2D eigenvalue weighted by molar-refractivity contribution is 0.0563. The number of likely N-dealkylation sites (tertiary alicyclic amines) is 1. The van der Waals surface area contributed by atoms with Crippen molar-refractivity contribution < 1.29 is 9.47 Å². The number of methoxy groups -OCH3 is 1. The van der Waals surface area contributed by atoms with Gasteiger partial charge >= 0.3 is 0 Å². The second-order valence-electron chi connectivity index (χ2n) is 9.05. The van der Waals surface area contributed by atoms with Crippen LogP contribution in [0.2, 0.25) is 0 Å². The maximum absolute atomic E-state index is 6.18. The Bertz CT molecular complexity index is 820. The molecule has 1 fully saturated rings. The molecule has 0 aromatic heterocycles. The van der Waals surface area contributed by atoms with Crippen LogP contribution in [0.5, 0.6) is 5.75 Å². The number of anilines is 1. The maximum atomic E-state index is 6.18. The summed E-state index contributed by atoms with van der Waals surface area (Å²) in [5.41, 5.74) is 2.71. The van der Waals surface area contributed by atoms with E-state index in [0.717, 1.165) is 31.3 Å². The molecule has 0 amide bonds. The van der Waals surface area contributed by atoms with Gasteiger partial charge in [-0.1, -0.05) is 38.1 Å². The van der Waals surface area contributed by atoms with Gasteiger partial charge in [-0.2, -0.15) is 0 Å². The molecule has 2 aliphatic heterocycles. The van der Waals surface area contributed by atoms with E-state index in [1.807, 2.05) is 11.8 Å². The molecule has 0 radical (unpaired) electrons. The Morgan fingerprint density at radius 3 is 2.45 bits per heavy atom. The summed E-state index contributed by atoms with van der Waals surface area (Å²) in [6.45, 7) is 9.45. The topological polar surface area (TPSA) is 24.9 Å². The van der Waals surface area contributed by atoms with Crippen molar-refractivity contribution in [2.45, 2.75) is 43.7 Å². The third-order valence-electron chi connectivity index (χ3n) is 6.27. The summed E-state index contributed by atoms with van der Waals surface area (Å²) >= 11 is 1.97. The van der Waals surface area contributed by atoms with E-state index >= 15 is 0 Å². The molecule has 2 aliphatic rings. The molecule has 4 nitrogen and oxygen atoms in total. The van der Waals surface area contributed by atoms with E-state index in [-0.39, 0.29) is 0 Å². The molecular weight excluding hydrogens is 404 g/mol. The number of para-hydroxylation sites is 1. The lowest BCUT2D eigenvalue weighted by atomic mass is 10.0. The van der Waals surface area contributed by atoms with Crippen LogP contribution in [-0.2, 0) is 4.74 Å². The minimum atomic E-state index is 0.348. The van der Waals surface area contributed by atoms with Crippen LogP contribution in [0.25, 0.3) is 0 Å². The summed E-state index contributed by atoms with van der Waals surface area (Å²) in [5, 5.41) is 0. The molecule has 2 heterocycles. The lowest BCUT2D eigenvalue weighted by Gasteiger charge is -2.42. The molecule has 0 N–H and O–H groups in total. The fraction of sp³-hybridized carbons (Fsp3) is 0.538. The Morgan fingerprint density at radius 1 is 1.00 bits per heavy atom. The first-order valence-electron chi connectivity index (χ1n) is 11.6. The molecule has 2 aromatic carbocycles. The van der Waals surface area contributed by atoms with Gasteiger partial charge in [-0.3, -0.25) is 4.90 Å². The SMILES string of the molecule is COc1ccc(C2CSc3ccccc3N2CC(COCC(C)C)N2CCCC2)cc1. The average Bonchev–Trinajstić information content (AvgIpc) is 3.33. The van der Waals surface area contributed by atoms with E-state index in [9.17, 15) is 0 Å². The highest BCUT2D eigenvalue weighted by Crippen LogP contribution is 2.43. The van der Waals surface area contributed by atoms with E-state index in [2.05, 4.69) is 72.2 Å². The molecule has 0 bridgehead atoms. The Labute approximate surface area is 191 Å². The van der Waals surface area contributed by atoms with Gasteiger partial charge in [0.2, 0.25) is 0 Å². The number of benzene rings is 2. The van der Waals surface area contributed by atoms with Crippen molar-refractivity contribution in [2.24, 2.45) is 5.92 Å². The number of thioether (sulfide) groups is 1. The molecule has 1 saturated heterocycles. The molecule has 0 saturated carbocycles. The van der Waals surface area contributed by atoms with Crippen molar-refractivity contribution in [1.82, 2.24) is 4.90 Å². The number of fused-ring (bicyclic) bond motifs is 1. The van der Waals surface area contributed by atoms with Gasteiger partial charge in [-0.25, -0.2) is 0 Å². The highest BCUT2D eigenvalue weighted by Gasteiger charge is 2.32. The molecule has 31 heavy (non-hydrogen) atoms. The largest absolute Gasteiger partial charge is 0.497 e. The Balaban J connectivity index is 1.60. The van der Waals surface area contributed by atoms with Gasteiger partial charge in [0.1, 0.15) is 5.75 Å². The summed E-state index contributed by atoms with van der Waals surface area (Å²) in [5.74, 6) is 2.54. The second-order valence-corrected chi connectivity index (χ2v) is 10.1. The van der Waals surface area contributed by atoms with E-state index < -0.39 is 0 Å². The summed E-state index contributed by atoms with van der Waals surface area (Å²) in [6.07, 6.45) is 2.60. The van der Waals surface area contributed by atoms with Crippen molar-refractivity contribution in [3.05, 3.63) is 54.1 Å². The van der Waals surface area contributed by atoms with Gasteiger partial charge in [0.25, 0.3) is 0 Å². The zero-order chi connectivity index (χ0) is 21.6. The van der Waals surface area contributed by atoms with Gasteiger partial charge in [-0.15, -0.1) is 11.8 Å². The van der Waals surface area contributed by atoms with Crippen molar-refractivity contribution >= 4 is 17.4 Å². The number of rotatable bonds is 9. The molecule has 2 aromatic rings. The fourth-order valence-electron chi connectivity index (χ4n) is 4.62. The molecule has 2 atom stereocenters. The van der Waals surface area contributed by atoms with E-state index in [1.54, 1.807) is 7.11 Å². The number of nitrogens with zero attached hydrogens (tertiary/aromatic N) is 2. The molecule has 5 heteroatoms. The third-order valence-corrected chi connectivity index (χ3v) is 7.41. The van der Waals surface area contributed by atoms with Crippen LogP contribution >= 0.6 is 11.8 Å². The van der Waals surface area contributed by atoms with Gasteiger partial charge in [-0.05, 0) is 61.7 Å². The van der Waals surface area contributed by atoms with Gasteiger partial charge in [0, 0.05) is 23.8 Å². The molecule has 4 rings (SSSR count). The fourth-order valence-corrected chi connectivity index (χ4v) is 5.84. The van der Waals surface area contributed by atoms with Crippen LogP contribution < -0.4 is 9.64 Å². The van der Waals surface area contributed by atoms with E-state index in [1.165, 1.54) is 42.1 Å². The summed E-state index contributed by atoms with van der Waals surface area (Å²) < 4.78 is 11.6. The van der Waals surface area contributed by atoms with Crippen molar-refractivity contribution in [3.8, 4) is 5.75 Å². The van der Waals surface area contributed by atoms with E-state index in [0.29, 0.717) is 18.0 Å². The molecule has 168 valence electrons. The predicted molar refractivity (Wildman–Crippen MR) is 130 cm³/mol. The Morgan fingerprint density at radius 2 is 1.74 bits per heavy atom. The first kappa shape index (κ1) is 22.5. The monoisotopic (exact) mass is 440 g/mol. The third kappa shape index (κ3) is 5.57. The van der Waals surface area contributed by atoms with Gasteiger partial charge in [0.15, 0.2) is 0 Å². The van der Waals surface area contributed by atoms with Gasteiger partial charge < -0.3 is 14.4 Å². The van der Waals surface area contributed by atoms with Crippen LogP contribution in [0.4, 0.5) is 5.69 Å². The second kappa shape index (κ2) is 10.8. The Hall–Kier alpha value is -1.69. The lowest BCUT2D eigenvalue weighted by Crippen LogP contribution is -2.48. The number of hydrogen-bond donors (Lipinski definition) is 0. The van der Waals surface area contributed by atoms with E-state index in [4.69, 9.17) is 9.47 Å². The average molecular weight is 441 g/mol. The summed E-state index contributed by atoms with van der Waals surface area (Å²) in [4.78, 5) is 6.67. The van der Waals surface area contributed by atoms with Crippen LogP contribution in [0.1, 0.15) is 38.3 Å². The van der Waals surface area contributed by atoms with Crippen LogP contribution in [0.15, 0.2) is 53.4 Å². The van der Waals surface area contributed by atoms with Crippen molar-refractivity contribution in [1.29, 1.82) is 0 Å². The number of hydrogen-bond acceptors (Lipinski definition) is 5. The maximum Gasteiger partial charge on any atom is 0.118 e. The summed E-state index contributed by atoms with van der Waals surface area (Å²) in [7, 11) is 1.73. The predicted octanol–water partition coefficient (Wildman–Crippen LogP) is 5.49. The molecular formula is C26H36N2O2S. The highest BCUT2D eigenvalue weighted by atomic mass is 32.2.